The standard InChI is InChI=1S/C21H16O6/c22-18(23)15-10-14(11-16(12-15)19(24)25)13-6-8-21(9-7-13,20(26)27)17-4-2-1-3-5-17/h1-8,10-12H,9H2,(H,22,23)(H,24,25)(H,26,27). The molecule has 2 aromatic carbocycles. The molecule has 6 nitrogen and oxygen atoms in total. The SMILES string of the molecule is O=C(O)c1cc(C(=O)O)cc(C2=CCC(C(=O)O)(c3ccccc3)C=C2)c1. The van der Waals surface area contributed by atoms with Crippen molar-refractivity contribution < 1.29 is 29.7 Å². The van der Waals surface area contributed by atoms with Gasteiger partial charge < -0.3 is 15.3 Å². The quantitative estimate of drug-likeness (QED) is 0.749. The third-order valence-electron chi connectivity index (χ3n) is 4.62. The summed E-state index contributed by atoms with van der Waals surface area (Å²) < 4.78 is 0. The molecule has 136 valence electrons. The average molecular weight is 364 g/mol. The average Bonchev–Trinajstić information content (AvgIpc) is 2.68. The summed E-state index contributed by atoms with van der Waals surface area (Å²) >= 11 is 0. The Bertz CT molecular complexity index is 955. The Kier molecular flexibility index (Phi) is 4.64. The van der Waals surface area contributed by atoms with Crippen molar-refractivity contribution in [2.45, 2.75) is 11.8 Å². The molecule has 2 aromatic rings. The van der Waals surface area contributed by atoms with Gasteiger partial charge in [0.05, 0.1) is 11.1 Å². The van der Waals surface area contributed by atoms with E-state index in [4.69, 9.17) is 0 Å². The first-order valence-electron chi connectivity index (χ1n) is 8.14. The smallest absolute Gasteiger partial charge is 0.335 e. The summed E-state index contributed by atoms with van der Waals surface area (Å²) in [5.41, 5.74) is 0.123. The number of allylic oxidation sites excluding steroid dienone is 3. The largest absolute Gasteiger partial charge is 0.480 e. The molecule has 3 rings (SSSR count). The van der Waals surface area contributed by atoms with Crippen molar-refractivity contribution in [1.29, 1.82) is 0 Å². The lowest BCUT2D eigenvalue weighted by Crippen LogP contribution is -2.34. The summed E-state index contributed by atoms with van der Waals surface area (Å²) in [5, 5.41) is 28.2. The monoisotopic (exact) mass is 364 g/mol. The van der Waals surface area contributed by atoms with E-state index < -0.39 is 23.3 Å². The van der Waals surface area contributed by atoms with Crippen molar-refractivity contribution in [3.63, 3.8) is 0 Å². The lowest BCUT2D eigenvalue weighted by atomic mass is 9.74. The zero-order valence-corrected chi connectivity index (χ0v) is 14.1. The predicted molar refractivity (Wildman–Crippen MR) is 97.9 cm³/mol. The van der Waals surface area contributed by atoms with Crippen LogP contribution < -0.4 is 0 Å². The number of aliphatic carboxylic acids is 1. The lowest BCUT2D eigenvalue weighted by Gasteiger charge is -2.28. The Balaban J connectivity index is 2.03. The molecule has 3 N–H and O–H groups in total. The van der Waals surface area contributed by atoms with E-state index >= 15 is 0 Å². The Morgan fingerprint density at radius 2 is 1.44 bits per heavy atom. The minimum absolute atomic E-state index is 0.141. The Morgan fingerprint density at radius 3 is 1.89 bits per heavy atom. The van der Waals surface area contributed by atoms with Crippen molar-refractivity contribution in [3.8, 4) is 0 Å². The summed E-state index contributed by atoms with van der Waals surface area (Å²) in [6, 6.07) is 12.7. The zero-order valence-electron chi connectivity index (χ0n) is 14.1. The number of aromatic carboxylic acids is 2. The number of benzene rings is 2. The number of carboxylic acid groups (broad SMARTS) is 3. The third kappa shape index (κ3) is 3.37. The first-order chi connectivity index (χ1) is 12.8. The zero-order chi connectivity index (χ0) is 19.6. The fraction of sp³-hybridized carbons (Fsp3) is 0.0952. The van der Waals surface area contributed by atoms with Gasteiger partial charge in [-0.3, -0.25) is 4.79 Å². The first kappa shape index (κ1) is 18.1. The maximum absolute atomic E-state index is 12.0. The fourth-order valence-electron chi connectivity index (χ4n) is 3.13. The molecule has 0 saturated carbocycles. The molecule has 0 aromatic heterocycles. The van der Waals surface area contributed by atoms with Crippen LogP contribution in [0.2, 0.25) is 0 Å². The molecule has 0 aliphatic heterocycles. The number of hydrogen-bond acceptors (Lipinski definition) is 3. The van der Waals surface area contributed by atoms with Crippen molar-refractivity contribution in [1.82, 2.24) is 0 Å². The van der Waals surface area contributed by atoms with Gasteiger partial charge in [0.1, 0.15) is 5.41 Å². The molecular weight excluding hydrogens is 348 g/mol. The molecule has 1 aliphatic rings. The van der Waals surface area contributed by atoms with Crippen LogP contribution in [-0.4, -0.2) is 33.2 Å². The van der Waals surface area contributed by atoms with Crippen molar-refractivity contribution in [3.05, 3.63) is 89.0 Å². The molecule has 0 heterocycles. The van der Waals surface area contributed by atoms with Crippen LogP contribution in [0.5, 0.6) is 0 Å². The summed E-state index contributed by atoms with van der Waals surface area (Å²) in [6.07, 6.45) is 5.01. The molecule has 0 radical (unpaired) electrons. The molecule has 1 atom stereocenters. The Hall–Kier alpha value is -3.67. The molecule has 6 heteroatoms. The van der Waals surface area contributed by atoms with Gasteiger partial charge in [0.25, 0.3) is 0 Å². The maximum Gasteiger partial charge on any atom is 0.335 e. The fourth-order valence-corrected chi connectivity index (χ4v) is 3.13. The number of rotatable bonds is 5. The summed E-state index contributed by atoms with van der Waals surface area (Å²) in [6.45, 7) is 0. The van der Waals surface area contributed by atoms with Crippen LogP contribution in [0.25, 0.3) is 5.57 Å². The highest BCUT2D eigenvalue weighted by Gasteiger charge is 2.38. The molecule has 0 spiro atoms. The highest BCUT2D eigenvalue weighted by atomic mass is 16.4. The number of carboxylic acids is 3. The molecule has 1 unspecified atom stereocenters. The van der Waals surface area contributed by atoms with E-state index in [0.29, 0.717) is 16.7 Å². The van der Waals surface area contributed by atoms with E-state index in [1.165, 1.54) is 12.1 Å². The molecule has 0 amide bonds. The Labute approximate surface area is 154 Å². The Morgan fingerprint density at radius 1 is 0.852 bits per heavy atom. The van der Waals surface area contributed by atoms with E-state index in [1.54, 1.807) is 48.6 Å². The summed E-state index contributed by atoms with van der Waals surface area (Å²) in [5.74, 6) is -3.46. The maximum atomic E-state index is 12.0. The topological polar surface area (TPSA) is 112 Å². The van der Waals surface area contributed by atoms with Crippen LogP contribution in [0.15, 0.2) is 66.8 Å². The van der Waals surface area contributed by atoms with Crippen LogP contribution in [-0.2, 0) is 10.2 Å². The van der Waals surface area contributed by atoms with Gasteiger partial charge in [-0.05, 0) is 41.3 Å². The molecule has 1 aliphatic carbocycles. The van der Waals surface area contributed by atoms with Gasteiger partial charge in [-0.2, -0.15) is 0 Å². The minimum atomic E-state index is -1.23. The molecular formula is C21H16O6. The van der Waals surface area contributed by atoms with E-state index in [2.05, 4.69) is 0 Å². The third-order valence-corrected chi connectivity index (χ3v) is 4.62. The molecule has 0 saturated heterocycles. The number of carbonyl (C=O) groups is 3. The van der Waals surface area contributed by atoms with Gasteiger partial charge >= 0.3 is 17.9 Å². The van der Waals surface area contributed by atoms with Crippen molar-refractivity contribution in [2.75, 3.05) is 0 Å². The van der Waals surface area contributed by atoms with E-state index in [-0.39, 0.29) is 17.5 Å². The van der Waals surface area contributed by atoms with Crippen molar-refractivity contribution in [2.24, 2.45) is 0 Å². The molecule has 0 bridgehead atoms. The van der Waals surface area contributed by atoms with Gasteiger partial charge in [-0.1, -0.05) is 48.6 Å². The van der Waals surface area contributed by atoms with Gasteiger partial charge in [0.2, 0.25) is 0 Å². The minimum Gasteiger partial charge on any atom is -0.480 e. The van der Waals surface area contributed by atoms with Gasteiger partial charge in [-0.25, -0.2) is 9.59 Å². The molecule has 0 fully saturated rings. The van der Waals surface area contributed by atoms with Gasteiger partial charge in [-0.15, -0.1) is 0 Å². The highest BCUT2D eigenvalue weighted by Crippen LogP contribution is 2.37. The van der Waals surface area contributed by atoms with Crippen LogP contribution in [0, 0.1) is 0 Å². The van der Waals surface area contributed by atoms with E-state index in [1.807, 2.05) is 0 Å². The van der Waals surface area contributed by atoms with E-state index in [0.717, 1.165) is 6.07 Å². The lowest BCUT2D eigenvalue weighted by molar-refractivity contribution is -0.141. The van der Waals surface area contributed by atoms with Crippen LogP contribution >= 0.6 is 0 Å². The van der Waals surface area contributed by atoms with E-state index in [9.17, 15) is 29.7 Å². The molecule has 27 heavy (non-hydrogen) atoms. The first-order valence-corrected chi connectivity index (χ1v) is 8.14. The van der Waals surface area contributed by atoms with Gasteiger partial charge in [0, 0.05) is 0 Å². The van der Waals surface area contributed by atoms with Crippen molar-refractivity contribution >= 4 is 23.5 Å². The summed E-state index contributed by atoms with van der Waals surface area (Å²) in [7, 11) is 0. The second-order valence-electron chi connectivity index (χ2n) is 6.25. The normalized spacial score (nSPS) is 18.6. The van der Waals surface area contributed by atoms with Gasteiger partial charge in [0.15, 0.2) is 0 Å². The van der Waals surface area contributed by atoms with Crippen LogP contribution in [0.1, 0.15) is 38.3 Å². The van der Waals surface area contributed by atoms with Crippen LogP contribution in [0.4, 0.5) is 0 Å². The predicted octanol–water partition coefficient (Wildman–Crippen LogP) is 3.45. The van der Waals surface area contributed by atoms with Crippen LogP contribution in [0.3, 0.4) is 0 Å². The second-order valence-corrected chi connectivity index (χ2v) is 6.25. The highest BCUT2D eigenvalue weighted by molar-refractivity contribution is 5.96. The number of hydrogen-bond donors (Lipinski definition) is 3. The summed E-state index contributed by atoms with van der Waals surface area (Å²) in [4.78, 5) is 34.5. The second kappa shape index (κ2) is 6.92.